The molecule has 4 aromatic rings. The number of carbonyl (C=O) groups excluding carboxylic acids is 1. The summed E-state index contributed by atoms with van der Waals surface area (Å²) in [6.07, 6.45) is 0.986. The molecule has 2 aliphatic rings. The number of hydrogen-bond donors (Lipinski definition) is 2. The van der Waals surface area contributed by atoms with Crippen molar-refractivity contribution in [2.24, 2.45) is 0 Å². The van der Waals surface area contributed by atoms with Gasteiger partial charge in [-0.25, -0.2) is 0 Å². The number of allylic oxidation sites excluding steroid dienone is 1. The Balaban J connectivity index is 1.41. The number of ether oxygens (including phenoxy) is 4. The van der Waals surface area contributed by atoms with Gasteiger partial charge in [0.1, 0.15) is 12.4 Å². The summed E-state index contributed by atoms with van der Waals surface area (Å²) in [6.45, 7) is 0.433. The van der Waals surface area contributed by atoms with E-state index < -0.39 is 6.04 Å². The molecule has 7 heteroatoms. The van der Waals surface area contributed by atoms with E-state index in [4.69, 9.17) is 18.9 Å². The van der Waals surface area contributed by atoms with Crippen molar-refractivity contribution in [3.63, 3.8) is 0 Å². The van der Waals surface area contributed by atoms with E-state index in [1.165, 1.54) is 0 Å². The predicted molar refractivity (Wildman–Crippen MR) is 164 cm³/mol. The molecular formula is C35H34N2O5. The Hall–Kier alpha value is -4.91. The minimum absolute atomic E-state index is 0.0747. The molecule has 6 rings (SSSR count). The number of ketones is 1. The first-order chi connectivity index (χ1) is 20.6. The zero-order chi connectivity index (χ0) is 29.1. The Labute approximate surface area is 246 Å². The Morgan fingerprint density at radius 3 is 2.12 bits per heavy atom. The lowest BCUT2D eigenvalue weighted by Crippen LogP contribution is -2.27. The van der Waals surface area contributed by atoms with Crippen LogP contribution in [0.5, 0.6) is 23.0 Å². The fraction of sp³-hybridized carbons (Fsp3) is 0.229. The molecule has 0 saturated carbocycles. The summed E-state index contributed by atoms with van der Waals surface area (Å²) < 4.78 is 23.1. The van der Waals surface area contributed by atoms with Crippen LogP contribution < -0.4 is 29.6 Å². The maximum atomic E-state index is 14.2. The molecule has 0 radical (unpaired) electrons. The normalized spacial score (nSPS) is 17.6. The molecule has 4 aromatic carbocycles. The van der Waals surface area contributed by atoms with Gasteiger partial charge in [-0.1, -0.05) is 60.7 Å². The molecule has 1 aliphatic carbocycles. The highest BCUT2D eigenvalue weighted by Crippen LogP contribution is 2.48. The van der Waals surface area contributed by atoms with Crippen molar-refractivity contribution in [2.45, 2.75) is 31.4 Å². The van der Waals surface area contributed by atoms with Crippen LogP contribution in [0.2, 0.25) is 0 Å². The van der Waals surface area contributed by atoms with Crippen molar-refractivity contribution >= 4 is 17.2 Å². The van der Waals surface area contributed by atoms with Gasteiger partial charge in [-0.2, -0.15) is 0 Å². The van der Waals surface area contributed by atoms with Crippen LogP contribution in [0.15, 0.2) is 102 Å². The van der Waals surface area contributed by atoms with Crippen LogP contribution >= 0.6 is 0 Å². The van der Waals surface area contributed by atoms with E-state index in [2.05, 4.69) is 10.6 Å². The first-order valence-corrected chi connectivity index (χ1v) is 14.0. The number of Topliss-reactive ketones (excluding diaryl/α,β-unsaturated/α-hetero) is 1. The van der Waals surface area contributed by atoms with Gasteiger partial charge in [0.05, 0.1) is 38.7 Å². The fourth-order valence-corrected chi connectivity index (χ4v) is 5.88. The maximum absolute atomic E-state index is 14.2. The van der Waals surface area contributed by atoms with Crippen molar-refractivity contribution in [1.82, 2.24) is 0 Å². The molecule has 0 aromatic heterocycles. The molecule has 0 saturated heterocycles. The van der Waals surface area contributed by atoms with Crippen molar-refractivity contribution < 1.29 is 23.7 Å². The second-order valence-corrected chi connectivity index (χ2v) is 10.4. The van der Waals surface area contributed by atoms with E-state index in [1.54, 1.807) is 21.3 Å². The zero-order valence-corrected chi connectivity index (χ0v) is 24.0. The van der Waals surface area contributed by atoms with Crippen LogP contribution in [-0.4, -0.2) is 27.1 Å². The Morgan fingerprint density at radius 1 is 0.738 bits per heavy atom. The number of methoxy groups -OCH3 is 3. The van der Waals surface area contributed by atoms with Crippen LogP contribution in [0.1, 0.15) is 41.5 Å². The molecule has 214 valence electrons. The van der Waals surface area contributed by atoms with E-state index in [0.717, 1.165) is 45.1 Å². The molecule has 0 fully saturated rings. The lowest BCUT2D eigenvalue weighted by molar-refractivity contribution is -0.116. The number of nitrogens with one attached hydrogen (secondary N) is 2. The second kappa shape index (κ2) is 11.9. The minimum atomic E-state index is -0.392. The number of para-hydroxylation sites is 3. The van der Waals surface area contributed by atoms with E-state index >= 15 is 0 Å². The molecule has 0 bridgehead atoms. The predicted octanol–water partition coefficient (Wildman–Crippen LogP) is 7.27. The minimum Gasteiger partial charge on any atom is -0.493 e. The number of benzene rings is 4. The fourth-order valence-electron chi connectivity index (χ4n) is 5.88. The van der Waals surface area contributed by atoms with Crippen LogP contribution in [-0.2, 0) is 11.4 Å². The van der Waals surface area contributed by atoms with Gasteiger partial charge in [0, 0.05) is 23.3 Å². The monoisotopic (exact) mass is 562 g/mol. The first-order valence-electron chi connectivity index (χ1n) is 14.0. The van der Waals surface area contributed by atoms with Gasteiger partial charge < -0.3 is 29.6 Å². The van der Waals surface area contributed by atoms with E-state index in [-0.39, 0.29) is 11.7 Å². The first kappa shape index (κ1) is 27.3. The third-order valence-electron chi connectivity index (χ3n) is 7.93. The average Bonchev–Trinajstić information content (AvgIpc) is 3.20. The molecule has 2 N–H and O–H groups in total. The summed E-state index contributed by atoms with van der Waals surface area (Å²) in [5.41, 5.74) is 6.42. The topological polar surface area (TPSA) is 78.1 Å². The number of rotatable bonds is 8. The number of carbonyl (C=O) groups is 1. The molecular weight excluding hydrogens is 528 g/mol. The molecule has 2 atom stereocenters. The number of anilines is 2. The van der Waals surface area contributed by atoms with E-state index in [0.29, 0.717) is 36.7 Å². The van der Waals surface area contributed by atoms with Crippen LogP contribution in [0.25, 0.3) is 0 Å². The molecule has 1 aliphatic heterocycles. The maximum Gasteiger partial charge on any atom is 0.203 e. The van der Waals surface area contributed by atoms with Gasteiger partial charge in [-0.05, 0) is 53.8 Å². The molecule has 0 spiro atoms. The molecule has 1 heterocycles. The van der Waals surface area contributed by atoms with Crippen molar-refractivity contribution in [1.29, 1.82) is 0 Å². The average molecular weight is 563 g/mol. The molecule has 2 unspecified atom stereocenters. The Kier molecular flexibility index (Phi) is 7.73. The lowest BCUT2D eigenvalue weighted by Gasteiger charge is -2.31. The Bertz CT molecular complexity index is 1610. The Morgan fingerprint density at radius 2 is 1.40 bits per heavy atom. The van der Waals surface area contributed by atoms with Gasteiger partial charge in [-0.3, -0.25) is 4.79 Å². The molecule has 0 amide bonds. The smallest absolute Gasteiger partial charge is 0.203 e. The van der Waals surface area contributed by atoms with E-state index in [9.17, 15) is 4.79 Å². The summed E-state index contributed by atoms with van der Waals surface area (Å²) in [5, 5.41) is 7.29. The van der Waals surface area contributed by atoms with Gasteiger partial charge in [0.15, 0.2) is 17.3 Å². The third-order valence-corrected chi connectivity index (χ3v) is 7.93. The zero-order valence-electron chi connectivity index (χ0n) is 24.0. The highest BCUT2D eigenvalue weighted by atomic mass is 16.5. The van der Waals surface area contributed by atoms with Gasteiger partial charge in [-0.15, -0.1) is 0 Å². The van der Waals surface area contributed by atoms with Crippen LogP contribution in [0, 0.1) is 0 Å². The van der Waals surface area contributed by atoms with Crippen molar-refractivity contribution in [3.8, 4) is 23.0 Å². The molecule has 42 heavy (non-hydrogen) atoms. The summed E-state index contributed by atoms with van der Waals surface area (Å²) in [4.78, 5) is 14.2. The molecule has 7 nitrogen and oxygen atoms in total. The number of hydrogen-bond acceptors (Lipinski definition) is 7. The quantitative estimate of drug-likeness (QED) is 0.234. The third kappa shape index (κ3) is 5.26. The summed E-state index contributed by atoms with van der Waals surface area (Å²) >= 11 is 0. The summed E-state index contributed by atoms with van der Waals surface area (Å²) in [5.74, 6) is 2.41. The van der Waals surface area contributed by atoms with Crippen molar-refractivity contribution in [2.75, 3.05) is 32.0 Å². The standard InChI is InChI=1S/C35H34N2O5/c1-39-31-19-24(20-32(40-2)35(31)41-3)23-17-28-33(29(38)18-23)34(37-27-15-9-8-14-26(27)36-28)25-13-7-10-16-30(25)42-21-22-11-5-4-6-12-22/h4-16,19-20,23,34,36-37H,17-18,21H2,1-3H3. The largest absolute Gasteiger partial charge is 0.493 e. The van der Waals surface area contributed by atoms with Gasteiger partial charge >= 0.3 is 0 Å². The SMILES string of the molecule is COc1cc(C2CC(=O)C3=C(C2)Nc2ccccc2NC3c2ccccc2OCc2ccccc2)cc(OC)c1OC. The summed E-state index contributed by atoms with van der Waals surface area (Å²) in [6, 6.07) is 29.6. The highest BCUT2D eigenvalue weighted by molar-refractivity contribution is 6.01. The number of fused-ring (bicyclic) bond motifs is 1. The van der Waals surface area contributed by atoms with Gasteiger partial charge in [0.2, 0.25) is 5.75 Å². The second-order valence-electron chi connectivity index (χ2n) is 10.4. The van der Waals surface area contributed by atoms with Crippen LogP contribution in [0.3, 0.4) is 0 Å². The lowest BCUT2D eigenvalue weighted by atomic mass is 9.78. The van der Waals surface area contributed by atoms with Crippen LogP contribution in [0.4, 0.5) is 11.4 Å². The van der Waals surface area contributed by atoms with Gasteiger partial charge in [0.25, 0.3) is 0 Å². The van der Waals surface area contributed by atoms with Crippen molar-refractivity contribution in [3.05, 3.63) is 119 Å². The highest BCUT2D eigenvalue weighted by Gasteiger charge is 2.37. The van der Waals surface area contributed by atoms with E-state index in [1.807, 2.05) is 91.0 Å². The summed E-state index contributed by atoms with van der Waals surface area (Å²) in [7, 11) is 4.79.